The molecule has 0 spiro atoms. The molecule has 3 heterocycles. The fraction of sp³-hybridized carbons (Fsp3) is 0.421. The summed E-state index contributed by atoms with van der Waals surface area (Å²) < 4.78 is 40.9. The van der Waals surface area contributed by atoms with Gasteiger partial charge < -0.3 is 5.11 Å². The number of fused-ring (bicyclic) bond motifs is 1. The lowest BCUT2D eigenvalue weighted by Gasteiger charge is -2.29. The van der Waals surface area contributed by atoms with E-state index < -0.39 is 23.4 Å². The van der Waals surface area contributed by atoms with Gasteiger partial charge in [-0.2, -0.15) is 13.2 Å². The molecule has 3 aromatic rings. The number of hydrogen-bond donors (Lipinski definition) is 2. The lowest BCUT2D eigenvalue weighted by molar-refractivity contribution is -0.141. The number of alkyl halides is 3. The summed E-state index contributed by atoms with van der Waals surface area (Å²) in [4.78, 5) is 28.6. The van der Waals surface area contributed by atoms with Crippen LogP contribution in [0.25, 0.3) is 11.2 Å². The number of rotatable bonds is 5. The van der Waals surface area contributed by atoms with Crippen molar-refractivity contribution < 1.29 is 23.1 Å². The Kier molecular flexibility index (Phi) is 4.92. The van der Waals surface area contributed by atoms with Gasteiger partial charge in [0.25, 0.3) is 0 Å². The maximum atomic E-state index is 13.1. The van der Waals surface area contributed by atoms with Crippen LogP contribution in [0.4, 0.5) is 19.1 Å². The summed E-state index contributed by atoms with van der Waals surface area (Å²) in [7, 11) is 0. The molecule has 0 aromatic carbocycles. The smallest absolute Gasteiger partial charge is 0.382 e. The summed E-state index contributed by atoms with van der Waals surface area (Å²) in [5.74, 6) is -0.375. The number of nitrogens with one attached hydrogen (secondary N) is 1. The van der Waals surface area contributed by atoms with Crippen molar-refractivity contribution in [3.05, 3.63) is 42.1 Å². The average Bonchev–Trinajstić information content (AvgIpc) is 2.97. The maximum absolute atomic E-state index is 13.1. The third-order valence-corrected chi connectivity index (χ3v) is 5.07. The van der Waals surface area contributed by atoms with Crippen LogP contribution in [0.3, 0.4) is 0 Å². The van der Waals surface area contributed by atoms with E-state index >= 15 is 0 Å². The number of imidazole rings is 1. The third-order valence-electron chi connectivity index (χ3n) is 5.07. The van der Waals surface area contributed by atoms with Crippen LogP contribution in [-0.4, -0.2) is 35.5 Å². The van der Waals surface area contributed by atoms with Crippen molar-refractivity contribution in [1.82, 2.24) is 24.5 Å². The summed E-state index contributed by atoms with van der Waals surface area (Å²) in [6.45, 7) is 1.41. The number of hydrogen-bond acceptors (Lipinski definition) is 6. The van der Waals surface area contributed by atoms with E-state index in [9.17, 15) is 23.1 Å². The second-order valence-corrected chi connectivity index (χ2v) is 7.50. The first-order valence-corrected chi connectivity index (χ1v) is 9.41. The average molecular weight is 420 g/mol. The molecule has 0 radical (unpaired) electrons. The molecule has 1 aliphatic rings. The topological polar surface area (TPSA) is 106 Å². The van der Waals surface area contributed by atoms with Crippen molar-refractivity contribution in [2.45, 2.75) is 50.4 Å². The van der Waals surface area contributed by atoms with Gasteiger partial charge in [0.15, 0.2) is 11.5 Å². The number of carbonyl (C=O) groups is 1. The van der Waals surface area contributed by atoms with E-state index in [0.717, 1.165) is 25.3 Å². The highest BCUT2D eigenvalue weighted by atomic mass is 19.4. The van der Waals surface area contributed by atoms with E-state index in [-0.39, 0.29) is 35.4 Å². The fourth-order valence-electron chi connectivity index (χ4n) is 3.35. The summed E-state index contributed by atoms with van der Waals surface area (Å²) >= 11 is 0. The molecule has 1 aliphatic carbocycles. The Labute approximate surface area is 169 Å². The normalized spacial score (nSPS) is 16.8. The van der Waals surface area contributed by atoms with E-state index in [1.54, 1.807) is 10.6 Å². The van der Waals surface area contributed by atoms with E-state index in [4.69, 9.17) is 0 Å². The second kappa shape index (κ2) is 7.31. The summed E-state index contributed by atoms with van der Waals surface area (Å²) in [6.07, 6.45) is 0.399. The zero-order valence-corrected chi connectivity index (χ0v) is 16.0. The lowest BCUT2D eigenvalue weighted by Crippen LogP contribution is -2.31. The molecule has 0 saturated heterocycles. The molecule has 11 heteroatoms. The zero-order valence-electron chi connectivity index (χ0n) is 16.0. The number of halogens is 3. The van der Waals surface area contributed by atoms with Crippen LogP contribution in [0.15, 0.2) is 30.6 Å². The molecule has 1 atom stereocenters. The van der Waals surface area contributed by atoms with Gasteiger partial charge in [-0.15, -0.1) is 0 Å². The minimum absolute atomic E-state index is 0.0722. The Balaban J connectivity index is 1.64. The number of nitrogens with zero attached hydrogens (tertiary/aromatic N) is 5. The molecule has 30 heavy (non-hydrogen) atoms. The highest BCUT2D eigenvalue weighted by Crippen LogP contribution is 2.38. The molecule has 4 rings (SSSR count). The first-order chi connectivity index (χ1) is 14.1. The summed E-state index contributed by atoms with van der Waals surface area (Å²) in [6, 6.07) is 3.59. The van der Waals surface area contributed by atoms with Crippen LogP contribution in [0.5, 0.6) is 0 Å². The molecule has 3 aromatic heterocycles. The molecule has 1 fully saturated rings. The molecular weight excluding hydrogens is 401 g/mol. The van der Waals surface area contributed by atoms with Gasteiger partial charge in [0.1, 0.15) is 16.8 Å². The van der Waals surface area contributed by atoms with E-state index in [1.807, 2.05) is 0 Å². The first-order valence-electron chi connectivity index (χ1n) is 9.41. The Morgan fingerprint density at radius 2 is 1.93 bits per heavy atom. The predicted octanol–water partition coefficient (Wildman–Crippen LogP) is 3.20. The Bertz CT molecular complexity index is 1080. The van der Waals surface area contributed by atoms with E-state index in [0.29, 0.717) is 0 Å². The summed E-state index contributed by atoms with van der Waals surface area (Å²) in [5.41, 5.74) is -2.32. The number of pyridine rings is 1. The lowest BCUT2D eigenvalue weighted by atomic mass is 9.93. The quantitative estimate of drug-likeness (QED) is 0.657. The molecular formula is C19H19F3N6O2. The molecule has 158 valence electrons. The largest absolute Gasteiger partial charge is 0.433 e. The van der Waals surface area contributed by atoms with Gasteiger partial charge in [-0.1, -0.05) is 0 Å². The van der Waals surface area contributed by atoms with Crippen molar-refractivity contribution in [2.75, 3.05) is 5.32 Å². The van der Waals surface area contributed by atoms with Crippen LogP contribution in [0.1, 0.15) is 50.2 Å². The van der Waals surface area contributed by atoms with Crippen LogP contribution < -0.4 is 5.32 Å². The van der Waals surface area contributed by atoms with E-state index in [2.05, 4.69) is 25.3 Å². The maximum Gasteiger partial charge on any atom is 0.433 e. The van der Waals surface area contributed by atoms with Crippen molar-refractivity contribution in [3.63, 3.8) is 0 Å². The molecule has 2 N–H and O–H groups in total. The Morgan fingerprint density at radius 3 is 2.53 bits per heavy atom. The van der Waals surface area contributed by atoms with Crippen molar-refractivity contribution in [3.8, 4) is 0 Å². The highest BCUT2D eigenvalue weighted by Gasteiger charge is 2.35. The standard InChI is InChI=1S/C19H19F3N6O2/c1-18(30,16-23-8-3-9-24-16)10-14(29)27-17-25-12-6-7-13(19(20,21)22)26-15(12)28(17)11-4-2-5-11/h3,6-9,11,30H,2,4-5,10H2,1H3,(H,25,27,29). The number of aliphatic hydroxyl groups is 1. The van der Waals surface area contributed by atoms with Crippen LogP contribution in [0, 0.1) is 0 Å². The molecule has 8 nitrogen and oxygen atoms in total. The van der Waals surface area contributed by atoms with Gasteiger partial charge in [-0.05, 0) is 44.4 Å². The monoisotopic (exact) mass is 420 g/mol. The minimum atomic E-state index is -4.58. The summed E-state index contributed by atoms with van der Waals surface area (Å²) in [5, 5.41) is 13.2. The van der Waals surface area contributed by atoms with Crippen LogP contribution >= 0.6 is 0 Å². The van der Waals surface area contributed by atoms with Crippen LogP contribution in [-0.2, 0) is 16.6 Å². The van der Waals surface area contributed by atoms with Crippen molar-refractivity contribution in [1.29, 1.82) is 0 Å². The Morgan fingerprint density at radius 1 is 1.23 bits per heavy atom. The van der Waals surface area contributed by atoms with Crippen molar-refractivity contribution >= 4 is 23.0 Å². The van der Waals surface area contributed by atoms with Gasteiger partial charge in [0, 0.05) is 18.4 Å². The Hall–Kier alpha value is -3.08. The third kappa shape index (κ3) is 3.84. The number of carbonyl (C=O) groups excluding carboxylic acids is 1. The first kappa shape index (κ1) is 20.2. The highest BCUT2D eigenvalue weighted by molar-refractivity contribution is 5.91. The SMILES string of the molecule is CC(O)(CC(=O)Nc1nc2ccc(C(F)(F)F)nc2n1C1CCC1)c1ncccn1. The van der Waals surface area contributed by atoms with Crippen molar-refractivity contribution in [2.24, 2.45) is 0 Å². The molecule has 1 saturated carbocycles. The minimum Gasteiger partial charge on any atom is -0.382 e. The molecule has 0 bridgehead atoms. The van der Waals surface area contributed by atoms with Crippen LogP contribution in [0.2, 0.25) is 0 Å². The van der Waals surface area contributed by atoms with Gasteiger partial charge in [-0.25, -0.2) is 19.9 Å². The number of aromatic nitrogens is 5. The fourth-order valence-corrected chi connectivity index (χ4v) is 3.35. The van der Waals surface area contributed by atoms with E-state index in [1.165, 1.54) is 25.4 Å². The van der Waals surface area contributed by atoms with Gasteiger partial charge in [0.2, 0.25) is 11.9 Å². The predicted molar refractivity (Wildman–Crippen MR) is 100 cm³/mol. The van der Waals surface area contributed by atoms with Gasteiger partial charge >= 0.3 is 6.18 Å². The van der Waals surface area contributed by atoms with Gasteiger partial charge in [-0.3, -0.25) is 14.7 Å². The second-order valence-electron chi connectivity index (χ2n) is 7.50. The zero-order chi connectivity index (χ0) is 21.5. The molecule has 0 aliphatic heterocycles. The van der Waals surface area contributed by atoms with Gasteiger partial charge in [0.05, 0.1) is 6.42 Å². The number of amides is 1. The molecule has 1 unspecified atom stereocenters. The molecule has 1 amide bonds. The number of anilines is 1.